The number of anilines is 2. The van der Waals surface area contributed by atoms with Gasteiger partial charge in [0.15, 0.2) is 6.61 Å². The smallest absolute Gasteiger partial charge is 0.339 e. The zero-order chi connectivity index (χ0) is 30.9. The van der Waals surface area contributed by atoms with Crippen LogP contribution >= 0.6 is 23.4 Å². The molecule has 1 aliphatic rings. The number of hydrogen-bond acceptors (Lipinski definition) is 8. The predicted octanol–water partition coefficient (Wildman–Crippen LogP) is 5.91. The van der Waals surface area contributed by atoms with E-state index in [0.29, 0.717) is 35.2 Å². The summed E-state index contributed by atoms with van der Waals surface area (Å²) in [6.45, 7) is 3.27. The van der Waals surface area contributed by atoms with Crippen molar-refractivity contribution in [3.8, 4) is 5.75 Å². The molecule has 1 heterocycles. The summed E-state index contributed by atoms with van der Waals surface area (Å²) in [5, 5.41) is 4.94. The van der Waals surface area contributed by atoms with Crippen molar-refractivity contribution >= 4 is 69.7 Å². The van der Waals surface area contributed by atoms with Gasteiger partial charge >= 0.3 is 5.97 Å². The number of carbonyl (C=O) groups excluding carboxylic acids is 5. The summed E-state index contributed by atoms with van der Waals surface area (Å²) in [5.41, 5.74) is 2.61. The number of ether oxygens (including phenoxy) is 2. The van der Waals surface area contributed by atoms with Crippen molar-refractivity contribution in [3.05, 3.63) is 93.3 Å². The van der Waals surface area contributed by atoms with E-state index in [-0.39, 0.29) is 40.3 Å². The van der Waals surface area contributed by atoms with Crippen molar-refractivity contribution in [2.24, 2.45) is 0 Å². The number of amides is 4. The van der Waals surface area contributed by atoms with Gasteiger partial charge in [0.1, 0.15) is 12.3 Å². The van der Waals surface area contributed by atoms with Crippen molar-refractivity contribution in [2.45, 2.75) is 20.3 Å². The van der Waals surface area contributed by atoms with Gasteiger partial charge in [-0.1, -0.05) is 48.9 Å². The number of hydrogen-bond donors (Lipinski definition) is 2. The summed E-state index contributed by atoms with van der Waals surface area (Å²) in [6.07, 6.45) is 2.17. The van der Waals surface area contributed by atoms with Crippen LogP contribution in [0.25, 0.3) is 6.08 Å². The number of aryl methyl sites for hydroxylation is 1. The van der Waals surface area contributed by atoms with E-state index in [0.717, 1.165) is 10.5 Å². The lowest BCUT2D eigenvalue weighted by molar-refractivity contribution is -0.127. The molecule has 0 aliphatic carbocycles. The number of thioether (sulfide) groups is 1. The van der Waals surface area contributed by atoms with E-state index >= 15 is 0 Å². The molecule has 1 saturated heterocycles. The highest BCUT2D eigenvalue weighted by atomic mass is 35.5. The fourth-order valence-corrected chi connectivity index (χ4v) is 4.91. The second-order valence-electron chi connectivity index (χ2n) is 9.37. The number of esters is 1. The highest BCUT2D eigenvalue weighted by molar-refractivity contribution is 8.18. The van der Waals surface area contributed by atoms with Gasteiger partial charge in [-0.25, -0.2) is 4.79 Å². The topological polar surface area (TPSA) is 131 Å². The number of imide groups is 1. The third-order valence-electron chi connectivity index (χ3n) is 6.05. The van der Waals surface area contributed by atoms with Crippen LogP contribution < -0.4 is 15.4 Å². The Kier molecular flexibility index (Phi) is 10.6. The molecule has 10 nitrogen and oxygen atoms in total. The molecule has 0 atom stereocenters. The van der Waals surface area contributed by atoms with Gasteiger partial charge in [-0.2, -0.15) is 0 Å². The van der Waals surface area contributed by atoms with E-state index in [1.54, 1.807) is 30.3 Å². The third kappa shape index (κ3) is 8.46. The summed E-state index contributed by atoms with van der Waals surface area (Å²) in [6, 6.07) is 18.4. The molecule has 2 N–H and O–H groups in total. The van der Waals surface area contributed by atoms with Crippen molar-refractivity contribution in [1.29, 1.82) is 0 Å². The molecule has 4 rings (SSSR count). The minimum Gasteiger partial charge on any atom is -0.484 e. The summed E-state index contributed by atoms with van der Waals surface area (Å²) in [5.74, 6) is -1.72. The lowest BCUT2D eigenvalue weighted by Crippen LogP contribution is -2.36. The number of rotatable bonds is 11. The molecule has 0 radical (unpaired) electrons. The van der Waals surface area contributed by atoms with Gasteiger partial charge in [-0.3, -0.25) is 24.1 Å². The normalized spacial score (nSPS) is 13.7. The molecule has 0 saturated carbocycles. The van der Waals surface area contributed by atoms with Crippen LogP contribution in [-0.4, -0.2) is 53.6 Å². The van der Waals surface area contributed by atoms with Crippen molar-refractivity contribution < 1.29 is 33.4 Å². The summed E-state index contributed by atoms with van der Waals surface area (Å²) >= 11 is 6.81. The molecule has 43 heavy (non-hydrogen) atoms. The van der Waals surface area contributed by atoms with Gasteiger partial charge in [-0.15, -0.1) is 0 Å². The van der Waals surface area contributed by atoms with Crippen LogP contribution in [0.1, 0.15) is 34.8 Å². The highest BCUT2D eigenvalue weighted by Gasteiger charge is 2.36. The zero-order valence-electron chi connectivity index (χ0n) is 23.3. The van der Waals surface area contributed by atoms with Gasteiger partial charge in [0.2, 0.25) is 5.91 Å². The molecule has 1 aliphatic heterocycles. The predicted molar refractivity (Wildman–Crippen MR) is 165 cm³/mol. The average molecular weight is 622 g/mol. The first kappa shape index (κ1) is 31.3. The molecular formula is C31H28ClN3O7S. The number of nitrogens with one attached hydrogen (secondary N) is 2. The maximum atomic E-state index is 12.9. The Balaban J connectivity index is 1.32. The second-order valence-corrected chi connectivity index (χ2v) is 10.8. The number of carbonyl (C=O) groups is 5. The number of halogens is 1. The maximum absolute atomic E-state index is 12.9. The molecule has 12 heteroatoms. The van der Waals surface area contributed by atoms with Crippen LogP contribution in [0.15, 0.2) is 71.6 Å². The van der Waals surface area contributed by atoms with Gasteiger partial charge in [0, 0.05) is 11.4 Å². The number of para-hydroxylation sites is 1. The first-order valence-corrected chi connectivity index (χ1v) is 14.4. The molecule has 0 unspecified atom stereocenters. The fourth-order valence-electron chi connectivity index (χ4n) is 3.87. The number of nitrogens with zero attached hydrogens (tertiary/aromatic N) is 1. The quantitative estimate of drug-likeness (QED) is 0.200. The molecule has 0 spiro atoms. The van der Waals surface area contributed by atoms with Gasteiger partial charge < -0.3 is 20.1 Å². The van der Waals surface area contributed by atoms with E-state index in [1.165, 1.54) is 24.3 Å². The minimum atomic E-state index is -0.633. The molecule has 0 bridgehead atoms. The standard InChI is InChI=1S/C31H28ClN3O7S/c1-3-14-41-30(39)23-16-21(10-13-24(23)32)33-27(36)17-35-29(38)26(43-31(35)40)15-20-8-11-22(12-9-20)42-18-28(37)34-25-7-5-4-6-19(25)2/h4-13,15-16H,3,14,17-18H2,1-2H3,(H,33,36)(H,34,37)/b26-15-. The van der Waals surface area contributed by atoms with Crippen LogP contribution in [0.4, 0.5) is 16.2 Å². The van der Waals surface area contributed by atoms with E-state index < -0.39 is 29.6 Å². The maximum Gasteiger partial charge on any atom is 0.339 e. The van der Waals surface area contributed by atoms with Crippen LogP contribution in [0.5, 0.6) is 5.75 Å². The molecular weight excluding hydrogens is 594 g/mol. The average Bonchev–Trinajstić information content (AvgIpc) is 3.24. The van der Waals surface area contributed by atoms with Gasteiger partial charge in [0.05, 0.1) is 22.1 Å². The first-order valence-electron chi connectivity index (χ1n) is 13.2. The minimum absolute atomic E-state index is 0.0870. The fraction of sp³-hybridized carbons (Fsp3) is 0.194. The highest BCUT2D eigenvalue weighted by Crippen LogP contribution is 2.32. The third-order valence-corrected chi connectivity index (χ3v) is 7.29. The van der Waals surface area contributed by atoms with Gasteiger partial charge in [-0.05, 0) is 78.7 Å². The summed E-state index contributed by atoms with van der Waals surface area (Å²) in [7, 11) is 0. The van der Waals surface area contributed by atoms with Crippen LogP contribution in [0.2, 0.25) is 5.02 Å². The van der Waals surface area contributed by atoms with E-state index in [4.69, 9.17) is 21.1 Å². The largest absolute Gasteiger partial charge is 0.484 e. The molecule has 222 valence electrons. The molecule has 4 amide bonds. The van der Waals surface area contributed by atoms with E-state index in [9.17, 15) is 24.0 Å². The van der Waals surface area contributed by atoms with Crippen LogP contribution in [0.3, 0.4) is 0 Å². The second kappa shape index (κ2) is 14.5. The van der Waals surface area contributed by atoms with Crippen LogP contribution in [0, 0.1) is 6.92 Å². The lowest BCUT2D eigenvalue weighted by atomic mass is 10.2. The Bertz CT molecular complexity index is 1590. The molecule has 3 aromatic carbocycles. The first-order chi connectivity index (χ1) is 20.6. The summed E-state index contributed by atoms with van der Waals surface area (Å²) < 4.78 is 10.7. The monoisotopic (exact) mass is 621 g/mol. The number of benzene rings is 3. The SMILES string of the molecule is CCCOC(=O)c1cc(NC(=O)CN2C(=O)S/C(=C\c3ccc(OCC(=O)Nc4ccccc4C)cc3)C2=O)ccc1Cl. The van der Waals surface area contributed by atoms with Crippen molar-refractivity contribution in [3.63, 3.8) is 0 Å². The summed E-state index contributed by atoms with van der Waals surface area (Å²) in [4.78, 5) is 63.5. The van der Waals surface area contributed by atoms with Gasteiger partial charge in [0.25, 0.3) is 17.1 Å². The Labute approximate surface area is 257 Å². The molecule has 1 fully saturated rings. The van der Waals surface area contributed by atoms with E-state index in [1.807, 2.05) is 32.0 Å². The van der Waals surface area contributed by atoms with Crippen LogP contribution in [-0.2, 0) is 19.1 Å². The van der Waals surface area contributed by atoms with E-state index in [2.05, 4.69) is 10.6 Å². The Morgan fingerprint density at radius 1 is 0.977 bits per heavy atom. The van der Waals surface area contributed by atoms with Crippen molar-refractivity contribution in [2.75, 3.05) is 30.4 Å². The Hall–Kier alpha value is -4.61. The lowest BCUT2D eigenvalue weighted by Gasteiger charge is -2.13. The Morgan fingerprint density at radius 3 is 2.44 bits per heavy atom. The zero-order valence-corrected chi connectivity index (χ0v) is 24.9. The van der Waals surface area contributed by atoms with Crippen molar-refractivity contribution in [1.82, 2.24) is 4.90 Å². The molecule has 3 aromatic rings. The molecule has 0 aromatic heterocycles. The Morgan fingerprint density at radius 2 is 1.72 bits per heavy atom.